The first kappa shape index (κ1) is 16.3. The highest BCUT2D eigenvalue weighted by Crippen LogP contribution is 2.25. The van der Waals surface area contributed by atoms with Gasteiger partial charge < -0.3 is 15.5 Å². The Bertz CT molecular complexity index is 816. The Labute approximate surface area is 139 Å². The topological polar surface area (TPSA) is 103 Å². The summed E-state index contributed by atoms with van der Waals surface area (Å²) in [5.74, 6) is 1.23. The third kappa shape index (κ3) is 3.34. The molecule has 1 aliphatic rings. The van der Waals surface area contributed by atoms with Gasteiger partial charge in [0.1, 0.15) is 23.8 Å². The highest BCUT2D eigenvalue weighted by Gasteiger charge is 2.19. The van der Waals surface area contributed by atoms with Crippen molar-refractivity contribution in [1.82, 2.24) is 15.1 Å². The van der Waals surface area contributed by atoms with Gasteiger partial charge in [0, 0.05) is 11.6 Å². The van der Waals surface area contributed by atoms with Crippen molar-refractivity contribution in [2.24, 2.45) is 0 Å². The van der Waals surface area contributed by atoms with Crippen LogP contribution in [-0.4, -0.2) is 21.7 Å². The normalized spacial score (nSPS) is 14.9. The molecular formula is C17H22N4O3. The number of furan rings is 1. The fraction of sp³-hybridized carbons (Fsp3) is 0.471. The number of anilines is 1. The van der Waals surface area contributed by atoms with Crippen LogP contribution in [0.2, 0.25) is 0 Å². The quantitative estimate of drug-likeness (QED) is 0.889. The van der Waals surface area contributed by atoms with E-state index in [1.54, 1.807) is 0 Å². The lowest BCUT2D eigenvalue weighted by Crippen LogP contribution is -2.38. The summed E-state index contributed by atoms with van der Waals surface area (Å²) in [6, 6.07) is 3.56. The van der Waals surface area contributed by atoms with E-state index in [-0.39, 0.29) is 24.2 Å². The van der Waals surface area contributed by atoms with Crippen LogP contribution in [0.5, 0.6) is 0 Å². The van der Waals surface area contributed by atoms with Crippen LogP contribution in [-0.2, 0) is 11.3 Å². The minimum absolute atomic E-state index is 0.0620. The zero-order valence-corrected chi connectivity index (χ0v) is 14.0. The first-order valence-corrected chi connectivity index (χ1v) is 8.18. The molecule has 2 heterocycles. The molecule has 1 amide bonds. The van der Waals surface area contributed by atoms with Gasteiger partial charge in [-0.3, -0.25) is 9.59 Å². The highest BCUT2D eigenvalue weighted by molar-refractivity contribution is 5.76. The van der Waals surface area contributed by atoms with Gasteiger partial charge >= 0.3 is 0 Å². The molecule has 2 aromatic rings. The molecule has 0 unspecified atom stereocenters. The number of rotatable bonds is 4. The maximum atomic E-state index is 12.2. The van der Waals surface area contributed by atoms with E-state index in [1.165, 1.54) is 6.07 Å². The molecule has 0 aromatic carbocycles. The number of nitrogens with two attached hydrogens (primary N) is 1. The van der Waals surface area contributed by atoms with E-state index in [4.69, 9.17) is 10.2 Å². The van der Waals surface area contributed by atoms with Crippen molar-refractivity contribution >= 4 is 11.6 Å². The van der Waals surface area contributed by atoms with Crippen LogP contribution >= 0.6 is 0 Å². The second-order valence-electron chi connectivity index (χ2n) is 6.32. The maximum Gasteiger partial charge on any atom is 0.290 e. The molecule has 24 heavy (non-hydrogen) atoms. The number of nitrogens with one attached hydrogen (secondary N) is 1. The van der Waals surface area contributed by atoms with E-state index < -0.39 is 5.56 Å². The van der Waals surface area contributed by atoms with Gasteiger partial charge in [-0.1, -0.05) is 12.8 Å². The standard InChI is InChI=1S/C17H22N4O3/c1-10-7-13(11(2)24-10)15-8-14(18)17(23)21(20-15)9-16(22)19-12-5-3-4-6-12/h7-8,12H,3-6,9,18H2,1-2H3,(H,19,22). The van der Waals surface area contributed by atoms with Crippen LogP contribution in [0.15, 0.2) is 21.3 Å². The first-order chi connectivity index (χ1) is 11.4. The van der Waals surface area contributed by atoms with E-state index >= 15 is 0 Å². The van der Waals surface area contributed by atoms with E-state index in [0.717, 1.165) is 41.7 Å². The fourth-order valence-corrected chi connectivity index (χ4v) is 3.17. The summed E-state index contributed by atoms with van der Waals surface area (Å²) in [5.41, 5.74) is 6.71. The SMILES string of the molecule is Cc1cc(-c2cc(N)c(=O)n(CC(=O)NC3CCCC3)n2)c(C)o1. The molecule has 7 heteroatoms. The largest absolute Gasteiger partial charge is 0.466 e. The lowest BCUT2D eigenvalue weighted by Gasteiger charge is -2.13. The monoisotopic (exact) mass is 330 g/mol. The van der Waals surface area contributed by atoms with Crippen LogP contribution in [0, 0.1) is 13.8 Å². The summed E-state index contributed by atoms with van der Waals surface area (Å²) < 4.78 is 6.62. The van der Waals surface area contributed by atoms with Gasteiger partial charge in [-0.15, -0.1) is 0 Å². The number of amides is 1. The van der Waals surface area contributed by atoms with Gasteiger partial charge in [0.2, 0.25) is 5.91 Å². The Morgan fingerprint density at radius 1 is 1.38 bits per heavy atom. The number of aryl methyl sites for hydroxylation is 2. The van der Waals surface area contributed by atoms with Crippen LogP contribution in [0.3, 0.4) is 0 Å². The molecule has 3 rings (SSSR count). The Morgan fingerprint density at radius 3 is 2.71 bits per heavy atom. The average molecular weight is 330 g/mol. The molecular weight excluding hydrogens is 308 g/mol. The van der Waals surface area contributed by atoms with Gasteiger partial charge in [0.15, 0.2) is 0 Å². The molecule has 0 saturated heterocycles. The molecule has 0 aliphatic heterocycles. The number of carbonyl (C=O) groups excluding carboxylic acids is 1. The van der Waals surface area contributed by atoms with Crippen LogP contribution in [0.4, 0.5) is 5.69 Å². The van der Waals surface area contributed by atoms with Crippen LogP contribution < -0.4 is 16.6 Å². The predicted octanol–water partition coefficient (Wildman–Crippen LogP) is 1.76. The zero-order valence-electron chi connectivity index (χ0n) is 14.0. The maximum absolute atomic E-state index is 12.2. The number of hydrogen-bond acceptors (Lipinski definition) is 5. The van der Waals surface area contributed by atoms with Crippen molar-refractivity contribution in [2.75, 3.05) is 5.73 Å². The number of carbonyl (C=O) groups is 1. The average Bonchev–Trinajstić information content (AvgIpc) is 3.13. The number of nitrogen functional groups attached to an aromatic ring is 1. The molecule has 3 N–H and O–H groups in total. The zero-order chi connectivity index (χ0) is 17.3. The van der Waals surface area contributed by atoms with Gasteiger partial charge in [0.25, 0.3) is 5.56 Å². The molecule has 0 radical (unpaired) electrons. The fourth-order valence-electron chi connectivity index (χ4n) is 3.17. The summed E-state index contributed by atoms with van der Waals surface area (Å²) in [7, 11) is 0. The van der Waals surface area contributed by atoms with Gasteiger partial charge in [-0.05, 0) is 38.8 Å². The lowest BCUT2D eigenvalue weighted by atomic mass is 10.1. The van der Waals surface area contributed by atoms with E-state index in [2.05, 4.69) is 10.4 Å². The summed E-state index contributed by atoms with van der Waals surface area (Å²) >= 11 is 0. The molecule has 0 bridgehead atoms. The van der Waals surface area contributed by atoms with Crippen molar-refractivity contribution in [3.05, 3.63) is 34.0 Å². The number of hydrogen-bond donors (Lipinski definition) is 2. The van der Waals surface area contributed by atoms with Gasteiger partial charge in [-0.2, -0.15) is 5.10 Å². The Morgan fingerprint density at radius 2 is 2.08 bits per heavy atom. The molecule has 128 valence electrons. The van der Waals surface area contributed by atoms with Gasteiger partial charge in [0.05, 0.1) is 5.69 Å². The molecule has 0 atom stereocenters. The summed E-state index contributed by atoms with van der Waals surface area (Å²) in [6.45, 7) is 3.52. The highest BCUT2D eigenvalue weighted by atomic mass is 16.3. The second-order valence-corrected chi connectivity index (χ2v) is 6.32. The van der Waals surface area contributed by atoms with E-state index in [0.29, 0.717) is 11.5 Å². The number of nitrogens with zero attached hydrogens (tertiary/aromatic N) is 2. The Kier molecular flexibility index (Phi) is 4.42. The minimum Gasteiger partial charge on any atom is -0.466 e. The molecule has 0 spiro atoms. The van der Waals surface area contributed by atoms with Crippen LogP contribution in [0.25, 0.3) is 11.3 Å². The van der Waals surface area contributed by atoms with Gasteiger partial charge in [-0.25, -0.2) is 4.68 Å². The number of aromatic nitrogens is 2. The first-order valence-electron chi connectivity index (χ1n) is 8.18. The molecule has 1 saturated carbocycles. The summed E-state index contributed by atoms with van der Waals surface area (Å²) in [5, 5.41) is 7.25. The second kappa shape index (κ2) is 6.51. The summed E-state index contributed by atoms with van der Waals surface area (Å²) in [4.78, 5) is 24.4. The summed E-state index contributed by atoms with van der Waals surface area (Å²) in [6.07, 6.45) is 4.24. The minimum atomic E-state index is -0.460. The van der Waals surface area contributed by atoms with Crippen molar-refractivity contribution in [3.63, 3.8) is 0 Å². The predicted molar refractivity (Wildman–Crippen MR) is 90.5 cm³/mol. The third-order valence-corrected chi connectivity index (χ3v) is 4.33. The molecule has 1 aliphatic carbocycles. The third-order valence-electron chi connectivity index (χ3n) is 4.33. The molecule has 7 nitrogen and oxygen atoms in total. The Hall–Kier alpha value is -2.57. The molecule has 1 fully saturated rings. The molecule has 2 aromatic heterocycles. The van der Waals surface area contributed by atoms with Crippen molar-refractivity contribution < 1.29 is 9.21 Å². The van der Waals surface area contributed by atoms with Crippen LogP contribution in [0.1, 0.15) is 37.2 Å². The van der Waals surface area contributed by atoms with Crippen molar-refractivity contribution in [3.8, 4) is 11.3 Å². The van der Waals surface area contributed by atoms with E-state index in [1.807, 2.05) is 19.9 Å². The van der Waals surface area contributed by atoms with Crippen molar-refractivity contribution in [1.29, 1.82) is 0 Å². The Balaban J connectivity index is 1.86. The van der Waals surface area contributed by atoms with E-state index in [9.17, 15) is 9.59 Å². The lowest BCUT2D eigenvalue weighted by molar-refractivity contribution is -0.122. The van der Waals surface area contributed by atoms with Crippen molar-refractivity contribution in [2.45, 2.75) is 52.1 Å². The smallest absolute Gasteiger partial charge is 0.290 e.